The quantitative estimate of drug-likeness (QED) is 0.334. The lowest BCUT2D eigenvalue weighted by Crippen LogP contribution is -2.22. The average molecular weight is 319 g/mol. The van der Waals surface area contributed by atoms with Crippen LogP contribution in [0.3, 0.4) is 0 Å². The standard InChI is InChI=1S/C12H19ClN2O4Si/c1-18-12(17)10-7-9(11(13)16)14-15(10)8-19-5-6-20(2,3)4/h7H,5-6,8H2,1-4H3. The summed E-state index contributed by atoms with van der Waals surface area (Å²) in [5.74, 6) is -0.588. The highest BCUT2D eigenvalue weighted by atomic mass is 35.5. The Morgan fingerprint density at radius 3 is 2.55 bits per heavy atom. The van der Waals surface area contributed by atoms with Gasteiger partial charge in [-0.15, -0.1) is 0 Å². The Labute approximate surface area is 124 Å². The van der Waals surface area contributed by atoms with Gasteiger partial charge in [0.2, 0.25) is 0 Å². The van der Waals surface area contributed by atoms with E-state index in [1.165, 1.54) is 17.9 Å². The third-order valence-corrected chi connectivity index (χ3v) is 4.48. The summed E-state index contributed by atoms with van der Waals surface area (Å²) in [6.07, 6.45) is 0. The van der Waals surface area contributed by atoms with E-state index >= 15 is 0 Å². The van der Waals surface area contributed by atoms with E-state index in [1.54, 1.807) is 0 Å². The summed E-state index contributed by atoms with van der Waals surface area (Å²) in [6, 6.07) is 2.30. The van der Waals surface area contributed by atoms with Crippen molar-refractivity contribution in [3.8, 4) is 0 Å². The van der Waals surface area contributed by atoms with Gasteiger partial charge in [0.05, 0.1) is 7.11 Å². The first-order valence-corrected chi connectivity index (χ1v) is 10.3. The number of esters is 1. The molecule has 0 fully saturated rings. The number of aromatic nitrogens is 2. The molecule has 0 saturated heterocycles. The number of carbonyl (C=O) groups excluding carboxylic acids is 2. The third kappa shape index (κ3) is 5.07. The number of carbonyl (C=O) groups is 2. The van der Waals surface area contributed by atoms with Crippen LogP contribution >= 0.6 is 11.6 Å². The highest BCUT2D eigenvalue weighted by Crippen LogP contribution is 2.11. The van der Waals surface area contributed by atoms with E-state index in [4.69, 9.17) is 16.3 Å². The Morgan fingerprint density at radius 2 is 2.05 bits per heavy atom. The number of halogens is 1. The van der Waals surface area contributed by atoms with Crippen molar-refractivity contribution in [2.75, 3.05) is 13.7 Å². The molecule has 6 nitrogen and oxygen atoms in total. The molecule has 0 atom stereocenters. The first kappa shape index (κ1) is 16.9. The van der Waals surface area contributed by atoms with Crippen LogP contribution in [-0.4, -0.2) is 42.8 Å². The summed E-state index contributed by atoms with van der Waals surface area (Å²) < 4.78 is 11.4. The molecule has 0 amide bonds. The monoisotopic (exact) mass is 318 g/mol. The highest BCUT2D eigenvalue weighted by Gasteiger charge is 2.19. The predicted molar refractivity (Wildman–Crippen MR) is 77.9 cm³/mol. The Morgan fingerprint density at radius 1 is 1.40 bits per heavy atom. The van der Waals surface area contributed by atoms with Crippen LogP contribution in [0.4, 0.5) is 0 Å². The van der Waals surface area contributed by atoms with Crippen LogP contribution in [-0.2, 0) is 16.2 Å². The van der Waals surface area contributed by atoms with Gasteiger partial charge in [-0.25, -0.2) is 9.48 Å². The molecule has 0 unspecified atom stereocenters. The second kappa shape index (κ2) is 7.01. The van der Waals surface area contributed by atoms with Gasteiger partial charge in [-0.3, -0.25) is 4.79 Å². The molecule has 0 spiro atoms. The van der Waals surface area contributed by atoms with Gasteiger partial charge in [0.15, 0.2) is 0 Å². The normalized spacial score (nSPS) is 11.4. The van der Waals surface area contributed by atoms with Crippen molar-refractivity contribution in [3.63, 3.8) is 0 Å². The fourth-order valence-corrected chi connectivity index (χ4v) is 2.26. The third-order valence-electron chi connectivity index (χ3n) is 2.59. The van der Waals surface area contributed by atoms with Gasteiger partial charge >= 0.3 is 5.97 Å². The van der Waals surface area contributed by atoms with Crippen molar-refractivity contribution in [1.29, 1.82) is 0 Å². The van der Waals surface area contributed by atoms with E-state index in [-0.39, 0.29) is 18.1 Å². The molecule has 1 aromatic heterocycles. The zero-order valence-corrected chi connectivity index (χ0v) is 13.9. The van der Waals surface area contributed by atoms with Gasteiger partial charge in [-0.05, 0) is 17.6 Å². The van der Waals surface area contributed by atoms with Gasteiger partial charge < -0.3 is 9.47 Å². The Balaban J connectivity index is 2.72. The minimum absolute atomic E-state index is 0.000799. The summed E-state index contributed by atoms with van der Waals surface area (Å²) >= 11 is 5.36. The Kier molecular flexibility index (Phi) is 5.91. The molecule has 0 aliphatic rings. The first-order chi connectivity index (χ1) is 9.24. The minimum Gasteiger partial charge on any atom is -0.464 e. The molecule has 0 aliphatic heterocycles. The van der Waals surface area contributed by atoms with E-state index in [0.717, 1.165) is 6.04 Å². The maximum atomic E-state index is 11.6. The summed E-state index contributed by atoms with van der Waals surface area (Å²) in [6.45, 7) is 7.40. The molecule has 1 rings (SSSR count). The highest BCUT2D eigenvalue weighted by molar-refractivity contribution is 6.76. The molecule has 0 saturated carbocycles. The van der Waals surface area contributed by atoms with E-state index in [2.05, 4.69) is 29.5 Å². The average Bonchev–Trinajstić information content (AvgIpc) is 2.77. The second-order valence-electron chi connectivity index (χ2n) is 5.53. The predicted octanol–water partition coefficient (Wildman–Crippen LogP) is 2.36. The maximum Gasteiger partial charge on any atom is 0.356 e. The van der Waals surface area contributed by atoms with Crippen LogP contribution in [0, 0.1) is 0 Å². The second-order valence-corrected chi connectivity index (χ2v) is 11.5. The number of hydrogen-bond donors (Lipinski definition) is 0. The molecule has 112 valence electrons. The van der Waals surface area contributed by atoms with E-state index < -0.39 is 19.3 Å². The van der Waals surface area contributed by atoms with Crippen molar-refractivity contribution in [2.24, 2.45) is 0 Å². The fourth-order valence-electron chi connectivity index (χ4n) is 1.41. The summed E-state index contributed by atoms with van der Waals surface area (Å²) in [5, 5.41) is 3.21. The summed E-state index contributed by atoms with van der Waals surface area (Å²) in [4.78, 5) is 22.7. The van der Waals surface area contributed by atoms with E-state index in [1.807, 2.05) is 0 Å². The van der Waals surface area contributed by atoms with E-state index in [9.17, 15) is 9.59 Å². The zero-order valence-electron chi connectivity index (χ0n) is 12.1. The van der Waals surface area contributed by atoms with E-state index in [0.29, 0.717) is 6.61 Å². The molecule has 1 aromatic rings. The number of rotatable bonds is 7. The smallest absolute Gasteiger partial charge is 0.356 e. The molecule has 1 heterocycles. The topological polar surface area (TPSA) is 70.4 Å². The van der Waals surface area contributed by atoms with Gasteiger partial charge in [0, 0.05) is 20.7 Å². The van der Waals surface area contributed by atoms with Crippen LogP contribution in [0.25, 0.3) is 0 Å². The largest absolute Gasteiger partial charge is 0.464 e. The van der Waals surface area contributed by atoms with Crippen LogP contribution in [0.5, 0.6) is 0 Å². The van der Waals surface area contributed by atoms with Crippen LogP contribution in [0.15, 0.2) is 6.07 Å². The van der Waals surface area contributed by atoms with Gasteiger partial charge in [-0.2, -0.15) is 5.10 Å². The molecule has 0 aliphatic carbocycles. The fraction of sp³-hybridized carbons (Fsp3) is 0.583. The Bertz CT molecular complexity index is 496. The summed E-state index contributed by atoms with van der Waals surface area (Å²) in [5.41, 5.74) is 0.144. The minimum atomic E-state index is -1.17. The van der Waals surface area contributed by atoms with Crippen molar-refractivity contribution < 1.29 is 19.1 Å². The maximum absolute atomic E-state index is 11.6. The SMILES string of the molecule is COC(=O)c1cc(C(=O)Cl)nn1COCC[Si](C)(C)C. The van der Waals surface area contributed by atoms with Gasteiger partial charge in [0.25, 0.3) is 5.24 Å². The lowest BCUT2D eigenvalue weighted by Gasteiger charge is -2.15. The van der Waals surface area contributed by atoms with Crippen LogP contribution in [0.1, 0.15) is 21.0 Å². The number of nitrogens with zero attached hydrogens (tertiary/aromatic N) is 2. The van der Waals surface area contributed by atoms with Crippen molar-refractivity contribution in [3.05, 3.63) is 17.5 Å². The number of ether oxygens (including phenoxy) is 2. The van der Waals surface area contributed by atoms with Crippen molar-refractivity contribution >= 4 is 30.9 Å². The molecule has 0 aromatic carbocycles. The molecule has 8 heteroatoms. The van der Waals surface area contributed by atoms with Crippen molar-refractivity contribution in [2.45, 2.75) is 32.4 Å². The molecular formula is C12H19ClN2O4Si. The lowest BCUT2D eigenvalue weighted by molar-refractivity contribution is 0.0517. The van der Waals surface area contributed by atoms with Gasteiger partial charge in [0.1, 0.15) is 18.1 Å². The molecule has 0 N–H and O–H groups in total. The van der Waals surface area contributed by atoms with Gasteiger partial charge in [-0.1, -0.05) is 19.6 Å². The van der Waals surface area contributed by atoms with Crippen molar-refractivity contribution in [1.82, 2.24) is 9.78 Å². The number of hydrogen-bond acceptors (Lipinski definition) is 5. The molecular weight excluding hydrogens is 300 g/mol. The van der Waals surface area contributed by atoms with Crippen LogP contribution < -0.4 is 0 Å². The number of methoxy groups -OCH3 is 1. The zero-order chi connectivity index (χ0) is 15.3. The molecule has 0 radical (unpaired) electrons. The lowest BCUT2D eigenvalue weighted by atomic mass is 10.4. The van der Waals surface area contributed by atoms with Crippen LogP contribution in [0.2, 0.25) is 25.7 Å². The first-order valence-electron chi connectivity index (χ1n) is 6.18. The Hall–Kier alpha value is -1.18. The summed E-state index contributed by atoms with van der Waals surface area (Å²) in [7, 11) is 0.0860. The molecule has 20 heavy (non-hydrogen) atoms. The molecule has 0 bridgehead atoms.